The van der Waals surface area contributed by atoms with Gasteiger partial charge in [-0.25, -0.2) is 4.98 Å². The Hall–Kier alpha value is -1.47. The van der Waals surface area contributed by atoms with Gasteiger partial charge in [0.15, 0.2) is 5.13 Å². The molecule has 6 nitrogen and oxygen atoms in total. The van der Waals surface area contributed by atoms with Gasteiger partial charge in [0, 0.05) is 31.5 Å². The molecule has 1 atom stereocenters. The number of carbonyl (C=O) groups is 2. The molecule has 0 bridgehead atoms. The van der Waals surface area contributed by atoms with Gasteiger partial charge >= 0.3 is 0 Å². The number of likely N-dealkylation sites (tertiary alicyclic amines) is 1. The molecule has 2 rings (SSSR count). The molecule has 0 radical (unpaired) electrons. The van der Waals surface area contributed by atoms with Crippen LogP contribution in [-0.4, -0.2) is 48.5 Å². The summed E-state index contributed by atoms with van der Waals surface area (Å²) in [4.78, 5) is 31.0. The highest BCUT2D eigenvalue weighted by molar-refractivity contribution is 7.15. The second kappa shape index (κ2) is 6.32. The van der Waals surface area contributed by atoms with E-state index in [2.05, 4.69) is 10.3 Å². The number of methoxy groups -OCH3 is 1. The van der Waals surface area contributed by atoms with E-state index in [4.69, 9.17) is 4.74 Å². The number of hydrogen-bond donors (Lipinski definition) is 1. The highest BCUT2D eigenvalue weighted by Gasteiger charge is 2.34. The maximum atomic E-state index is 12.1. The van der Waals surface area contributed by atoms with Gasteiger partial charge < -0.3 is 15.0 Å². The SMILES string of the molecule is COCCN1CC(C(=O)Nc2nc(C)c(C)s2)CC1=O. The third kappa shape index (κ3) is 3.34. The summed E-state index contributed by atoms with van der Waals surface area (Å²) >= 11 is 1.46. The lowest BCUT2D eigenvalue weighted by atomic mass is 10.1. The third-order valence-electron chi connectivity index (χ3n) is 3.41. The summed E-state index contributed by atoms with van der Waals surface area (Å²) in [5, 5.41) is 3.41. The molecule has 1 aromatic heterocycles. The minimum absolute atomic E-state index is 0.00806. The van der Waals surface area contributed by atoms with Crippen LogP contribution in [0, 0.1) is 19.8 Å². The fourth-order valence-corrected chi connectivity index (χ4v) is 2.92. The Bertz CT molecular complexity index is 495. The number of nitrogens with zero attached hydrogens (tertiary/aromatic N) is 2. The molecule has 2 amide bonds. The summed E-state index contributed by atoms with van der Waals surface area (Å²) < 4.78 is 4.96. The Morgan fingerprint density at radius 3 is 2.90 bits per heavy atom. The van der Waals surface area contributed by atoms with Gasteiger partial charge in [-0.15, -0.1) is 11.3 Å². The molecule has 1 aliphatic heterocycles. The lowest BCUT2D eigenvalue weighted by molar-refractivity contribution is -0.128. The van der Waals surface area contributed by atoms with Gasteiger partial charge in [-0.3, -0.25) is 9.59 Å². The topological polar surface area (TPSA) is 71.5 Å². The van der Waals surface area contributed by atoms with E-state index in [1.54, 1.807) is 12.0 Å². The number of carbonyl (C=O) groups excluding carboxylic acids is 2. The first-order valence-electron chi connectivity index (χ1n) is 6.53. The van der Waals surface area contributed by atoms with Crippen LogP contribution in [0.4, 0.5) is 5.13 Å². The van der Waals surface area contributed by atoms with E-state index in [1.165, 1.54) is 11.3 Å². The summed E-state index contributed by atoms with van der Waals surface area (Å²) in [6, 6.07) is 0. The van der Waals surface area contributed by atoms with E-state index in [-0.39, 0.29) is 24.2 Å². The molecule has 7 heteroatoms. The van der Waals surface area contributed by atoms with Crippen LogP contribution in [0.3, 0.4) is 0 Å². The van der Waals surface area contributed by atoms with E-state index in [9.17, 15) is 9.59 Å². The highest BCUT2D eigenvalue weighted by Crippen LogP contribution is 2.24. The molecule has 0 aromatic carbocycles. The van der Waals surface area contributed by atoms with Gasteiger partial charge in [-0.05, 0) is 13.8 Å². The first-order valence-corrected chi connectivity index (χ1v) is 7.34. The van der Waals surface area contributed by atoms with Crippen LogP contribution in [0.5, 0.6) is 0 Å². The Labute approximate surface area is 122 Å². The lowest BCUT2D eigenvalue weighted by Gasteiger charge is -2.15. The number of aromatic nitrogens is 1. The van der Waals surface area contributed by atoms with Crippen molar-refractivity contribution >= 4 is 28.3 Å². The monoisotopic (exact) mass is 297 g/mol. The maximum Gasteiger partial charge on any atom is 0.231 e. The van der Waals surface area contributed by atoms with Gasteiger partial charge in [0.1, 0.15) is 0 Å². The van der Waals surface area contributed by atoms with Gasteiger partial charge in [-0.2, -0.15) is 0 Å². The van der Waals surface area contributed by atoms with E-state index >= 15 is 0 Å². The van der Waals surface area contributed by atoms with Crippen molar-refractivity contribution in [3.63, 3.8) is 0 Å². The normalized spacial score (nSPS) is 18.6. The molecule has 1 aliphatic rings. The number of ether oxygens (including phenoxy) is 1. The van der Waals surface area contributed by atoms with Crippen molar-refractivity contribution in [2.75, 3.05) is 32.1 Å². The molecule has 2 heterocycles. The van der Waals surface area contributed by atoms with E-state index < -0.39 is 0 Å². The quantitative estimate of drug-likeness (QED) is 0.886. The molecular formula is C13H19N3O3S. The average Bonchev–Trinajstić information content (AvgIpc) is 2.91. The van der Waals surface area contributed by atoms with Crippen molar-refractivity contribution in [3.05, 3.63) is 10.6 Å². The Kier molecular flexibility index (Phi) is 4.72. The Morgan fingerprint density at radius 1 is 1.55 bits per heavy atom. The van der Waals surface area contributed by atoms with Crippen molar-refractivity contribution in [3.8, 4) is 0 Å². The predicted octanol–water partition coefficient (Wildman–Crippen LogP) is 1.19. The van der Waals surface area contributed by atoms with Crippen molar-refractivity contribution in [2.45, 2.75) is 20.3 Å². The molecule has 1 aromatic rings. The van der Waals surface area contributed by atoms with Gasteiger partial charge in [-0.1, -0.05) is 0 Å². The molecule has 0 spiro atoms. The smallest absolute Gasteiger partial charge is 0.231 e. The Morgan fingerprint density at radius 2 is 2.30 bits per heavy atom. The van der Waals surface area contributed by atoms with E-state index in [1.807, 2.05) is 13.8 Å². The molecule has 0 saturated carbocycles. The summed E-state index contributed by atoms with van der Waals surface area (Å²) in [5.41, 5.74) is 0.925. The number of amides is 2. The van der Waals surface area contributed by atoms with Crippen molar-refractivity contribution in [2.24, 2.45) is 5.92 Å². The van der Waals surface area contributed by atoms with Crippen LogP contribution < -0.4 is 5.32 Å². The zero-order chi connectivity index (χ0) is 14.7. The van der Waals surface area contributed by atoms with Crippen molar-refractivity contribution < 1.29 is 14.3 Å². The van der Waals surface area contributed by atoms with Crippen molar-refractivity contribution in [1.29, 1.82) is 0 Å². The van der Waals surface area contributed by atoms with Crippen LogP contribution in [0.2, 0.25) is 0 Å². The lowest BCUT2D eigenvalue weighted by Crippen LogP contribution is -2.30. The maximum absolute atomic E-state index is 12.1. The number of aryl methyl sites for hydroxylation is 2. The summed E-state index contributed by atoms with van der Waals surface area (Å²) in [5.74, 6) is -0.426. The second-order valence-electron chi connectivity index (χ2n) is 4.88. The molecule has 20 heavy (non-hydrogen) atoms. The summed E-state index contributed by atoms with van der Waals surface area (Å²) in [6.45, 7) is 5.36. The summed E-state index contributed by atoms with van der Waals surface area (Å²) in [7, 11) is 1.60. The van der Waals surface area contributed by atoms with E-state index in [0.29, 0.717) is 24.8 Å². The fourth-order valence-electron chi connectivity index (χ4n) is 2.10. The number of nitrogens with one attached hydrogen (secondary N) is 1. The standard InChI is InChI=1S/C13H19N3O3S/c1-8-9(2)20-13(14-8)15-12(18)10-6-11(17)16(7-10)4-5-19-3/h10H,4-7H2,1-3H3,(H,14,15,18). The molecule has 1 N–H and O–H groups in total. The minimum Gasteiger partial charge on any atom is -0.383 e. The van der Waals surface area contributed by atoms with Crippen molar-refractivity contribution in [1.82, 2.24) is 9.88 Å². The molecular weight excluding hydrogens is 278 g/mol. The molecule has 0 aliphatic carbocycles. The molecule has 1 saturated heterocycles. The zero-order valence-corrected chi connectivity index (χ0v) is 12.7. The summed E-state index contributed by atoms with van der Waals surface area (Å²) in [6.07, 6.45) is 0.263. The Balaban J connectivity index is 1.92. The molecule has 110 valence electrons. The first-order chi connectivity index (χ1) is 9.51. The van der Waals surface area contributed by atoms with Gasteiger partial charge in [0.25, 0.3) is 0 Å². The van der Waals surface area contributed by atoms with Crippen LogP contribution in [0.25, 0.3) is 0 Å². The third-order valence-corrected chi connectivity index (χ3v) is 4.40. The van der Waals surface area contributed by atoms with Gasteiger partial charge in [0.05, 0.1) is 18.2 Å². The van der Waals surface area contributed by atoms with Crippen LogP contribution in [0.1, 0.15) is 17.0 Å². The van der Waals surface area contributed by atoms with Crippen LogP contribution in [-0.2, 0) is 14.3 Å². The van der Waals surface area contributed by atoms with Gasteiger partial charge in [0.2, 0.25) is 11.8 Å². The average molecular weight is 297 g/mol. The number of rotatable bonds is 5. The molecule has 1 unspecified atom stereocenters. The van der Waals surface area contributed by atoms with E-state index in [0.717, 1.165) is 10.6 Å². The number of anilines is 1. The molecule has 1 fully saturated rings. The number of hydrogen-bond acceptors (Lipinski definition) is 5. The minimum atomic E-state index is -0.302. The van der Waals surface area contributed by atoms with Crippen LogP contribution in [0.15, 0.2) is 0 Å². The predicted molar refractivity (Wildman–Crippen MR) is 76.8 cm³/mol. The highest BCUT2D eigenvalue weighted by atomic mass is 32.1. The largest absolute Gasteiger partial charge is 0.383 e. The second-order valence-corrected chi connectivity index (χ2v) is 6.09. The number of thiazole rings is 1. The zero-order valence-electron chi connectivity index (χ0n) is 11.9. The fraction of sp³-hybridized carbons (Fsp3) is 0.615. The first kappa shape index (κ1) is 14.9. The van der Waals surface area contributed by atoms with Crippen LogP contribution >= 0.6 is 11.3 Å².